The van der Waals surface area contributed by atoms with Crippen LogP contribution in [0.3, 0.4) is 0 Å². The van der Waals surface area contributed by atoms with Crippen LogP contribution in [0.5, 0.6) is 0 Å². The van der Waals surface area contributed by atoms with Gasteiger partial charge in [0.15, 0.2) is 0 Å². The van der Waals surface area contributed by atoms with Gasteiger partial charge in [0.1, 0.15) is 0 Å². The molecule has 0 bridgehead atoms. The molecule has 2 rings (SSSR count). The van der Waals surface area contributed by atoms with E-state index in [0.717, 1.165) is 11.1 Å². The first-order chi connectivity index (χ1) is 10.4. The second kappa shape index (κ2) is 7.32. The van der Waals surface area contributed by atoms with Crippen molar-refractivity contribution in [1.82, 2.24) is 0 Å². The molecule has 116 valence electrons. The molecular formula is C16H14Cl3NO2. The van der Waals surface area contributed by atoms with Gasteiger partial charge in [-0.3, -0.25) is 10.1 Å². The van der Waals surface area contributed by atoms with Crippen LogP contribution in [0, 0.1) is 10.1 Å². The number of rotatable bonds is 5. The van der Waals surface area contributed by atoms with Gasteiger partial charge in [0.05, 0.1) is 16.0 Å². The Morgan fingerprint density at radius 2 is 1.59 bits per heavy atom. The lowest BCUT2D eigenvalue weighted by Crippen LogP contribution is -2.27. The summed E-state index contributed by atoms with van der Waals surface area (Å²) in [7, 11) is 0. The lowest BCUT2D eigenvalue weighted by atomic mass is 9.84. The van der Waals surface area contributed by atoms with Crippen LogP contribution in [0.15, 0.2) is 42.5 Å². The largest absolute Gasteiger partial charge is 0.264 e. The molecule has 0 aliphatic heterocycles. The van der Waals surface area contributed by atoms with Crippen LogP contribution < -0.4 is 0 Å². The zero-order chi connectivity index (χ0) is 16.3. The van der Waals surface area contributed by atoms with E-state index in [0.29, 0.717) is 21.5 Å². The highest BCUT2D eigenvalue weighted by Gasteiger charge is 2.32. The van der Waals surface area contributed by atoms with Crippen molar-refractivity contribution in [2.24, 2.45) is 0 Å². The molecule has 0 radical (unpaired) electrons. The molecular weight excluding hydrogens is 345 g/mol. The van der Waals surface area contributed by atoms with Crippen molar-refractivity contribution in [2.75, 3.05) is 0 Å². The van der Waals surface area contributed by atoms with E-state index in [1.54, 1.807) is 37.3 Å². The third kappa shape index (κ3) is 3.72. The Kier molecular flexibility index (Phi) is 5.68. The van der Waals surface area contributed by atoms with Crippen LogP contribution >= 0.6 is 34.8 Å². The van der Waals surface area contributed by atoms with Gasteiger partial charge < -0.3 is 0 Å². The van der Waals surface area contributed by atoms with E-state index in [4.69, 9.17) is 34.8 Å². The van der Waals surface area contributed by atoms with Crippen LogP contribution in [0.1, 0.15) is 30.4 Å². The first-order valence-corrected chi connectivity index (χ1v) is 7.91. The molecule has 0 N–H and O–H groups in total. The number of nitrogens with zero attached hydrogens (tertiary/aromatic N) is 1. The average Bonchev–Trinajstić information content (AvgIpc) is 2.48. The summed E-state index contributed by atoms with van der Waals surface area (Å²) in [6, 6.07) is 11.5. The zero-order valence-corrected chi connectivity index (χ0v) is 14.1. The summed E-state index contributed by atoms with van der Waals surface area (Å²) in [5.41, 5.74) is 1.59. The number of halogens is 3. The highest BCUT2D eigenvalue weighted by Crippen LogP contribution is 2.35. The quantitative estimate of drug-likeness (QED) is 0.498. The molecule has 0 amide bonds. The Balaban J connectivity index is 2.55. The highest BCUT2D eigenvalue weighted by atomic mass is 35.5. The van der Waals surface area contributed by atoms with Crippen molar-refractivity contribution < 1.29 is 4.92 Å². The molecule has 0 saturated carbocycles. The second-order valence-electron chi connectivity index (χ2n) is 4.96. The molecule has 2 unspecified atom stereocenters. The van der Waals surface area contributed by atoms with E-state index >= 15 is 0 Å². The maximum absolute atomic E-state index is 11.5. The Bertz CT molecular complexity index is 674. The van der Waals surface area contributed by atoms with Gasteiger partial charge in [0, 0.05) is 16.4 Å². The third-order valence-electron chi connectivity index (χ3n) is 3.61. The van der Waals surface area contributed by atoms with Gasteiger partial charge in [-0.2, -0.15) is 0 Å². The number of nitro groups is 1. The third-order valence-corrected chi connectivity index (χ3v) is 4.60. The molecule has 2 atom stereocenters. The van der Waals surface area contributed by atoms with Crippen molar-refractivity contribution in [3.8, 4) is 0 Å². The fourth-order valence-corrected chi connectivity index (χ4v) is 2.95. The van der Waals surface area contributed by atoms with Crippen molar-refractivity contribution in [3.05, 3.63) is 78.8 Å². The van der Waals surface area contributed by atoms with E-state index in [2.05, 4.69) is 0 Å². The van der Waals surface area contributed by atoms with E-state index < -0.39 is 12.0 Å². The number of hydrogen-bond donors (Lipinski definition) is 0. The minimum Gasteiger partial charge on any atom is -0.264 e. The van der Waals surface area contributed by atoms with Gasteiger partial charge in [0.25, 0.3) is 0 Å². The SMILES string of the molecule is CCC(C(c1ccc(Cl)cc1)c1ccc(Cl)c(Cl)c1)[N+](=O)[O-]. The molecule has 0 fully saturated rings. The predicted octanol–water partition coefficient (Wildman–Crippen LogP) is 5.83. The monoisotopic (exact) mass is 357 g/mol. The Morgan fingerprint density at radius 3 is 2.09 bits per heavy atom. The summed E-state index contributed by atoms with van der Waals surface area (Å²) >= 11 is 17.9. The van der Waals surface area contributed by atoms with E-state index in [9.17, 15) is 10.1 Å². The maximum Gasteiger partial charge on any atom is 0.223 e. The molecule has 6 heteroatoms. The fourth-order valence-electron chi connectivity index (χ4n) is 2.52. The van der Waals surface area contributed by atoms with Crippen LogP contribution in [0.2, 0.25) is 15.1 Å². The van der Waals surface area contributed by atoms with Crippen molar-refractivity contribution >= 4 is 34.8 Å². The van der Waals surface area contributed by atoms with Crippen molar-refractivity contribution in [3.63, 3.8) is 0 Å². The topological polar surface area (TPSA) is 43.1 Å². The standard InChI is InChI=1S/C16H14Cl3NO2/c1-2-15(20(21)22)16(10-3-6-12(17)7-4-10)11-5-8-13(18)14(19)9-11/h3-9,15-16H,2H2,1H3. The molecule has 22 heavy (non-hydrogen) atoms. The molecule has 3 nitrogen and oxygen atoms in total. The average molecular weight is 359 g/mol. The molecule has 0 saturated heterocycles. The summed E-state index contributed by atoms with van der Waals surface area (Å²) in [6.07, 6.45) is 0.403. The highest BCUT2D eigenvalue weighted by molar-refractivity contribution is 6.42. The number of benzene rings is 2. The smallest absolute Gasteiger partial charge is 0.223 e. The van der Waals surface area contributed by atoms with Crippen molar-refractivity contribution in [1.29, 1.82) is 0 Å². The van der Waals surface area contributed by atoms with Crippen molar-refractivity contribution in [2.45, 2.75) is 25.3 Å². The van der Waals surface area contributed by atoms with Crippen LogP contribution in [0.25, 0.3) is 0 Å². The molecule has 0 heterocycles. The van der Waals surface area contributed by atoms with Crippen LogP contribution in [-0.4, -0.2) is 11.0 Å². The van der Waals surface area contributed by atoms with Gasteiger partial charge >= 0.3 is 0 Å². The summed E-state index contributed by atoms with van der Waals surface area (Å²) in [5, 5.41) is 12.9. The number of hydrogen-bond acceptors (Lipinski definition) is 2. The first kappa shape index (κ1) is 17.1. The van der Waals surface area contributed by atoms with Gasteiger partial charge in [0.2, 0.25) is 6.04 Å². The minimum absolute atomic E-state index is 0.248. The molecule has 0 aliphatic carbocycles. The van der Waals surface area contributed by atoms with Gasteiger partial charge in [-0.05, 0) is 35.4 Å². The van der Waals surface area contributed by atoms with Crippen LogP contribution in [-0.2, 0) is 0 Å². The van der Waals surface area contributed by atoms with E-state index in [1.165, 1.54) is 0 Å². The zero-order valence-electron chi connectivity index (χ0n) is 11.8. The predicted molar refractivity (Wildman–Crippen MR) is 90.8 cm³/mol. The minimum atomic E-state index is -0.751. The van der Waals surface area contributed by atoms with Gasteiger partial charge in [-0.15, -0.1) is 0 Å². The van der Waals surface area contributed by atoms with Crippen LogP contribution in [0.4, 0.5) is 0 Å². The summed E-state index contributed by atoms with van der Waals surface area (Å²) < 4.78 is 0. The van der Waals surface area contributed by atoms with Gasteiger partial charge in [-0.1, -0.05) is 59.9 Å². The molecule has 2 aromatic rings. The lowest BCUT2D eigenvalue weighted by Gasteiger charge is -2.21. The summed E-state index contributed by atoms with van der Waals surface area (Å²) in [6.45, 7) is 1.80. The lowest BCUT2D eigenvalue weighted by molar-refractivity contribution is -0.525. The van der Waals surface area contributed by atoms with Gasteiger partial charge in [-0.25, -0.2) is 0 Å². The maximum atomic E-state index is 11.5. The Labute approximate surface area is 144 Å². The normalized spacial score (nSPS) is 13.6. The molecule has 2 aromatic carbocycles. The Morgan fingerprint density at radius 1 is 1.00 bits per heavy atom. The summed E-state index contributed by atoms with van der Waals surface area (Å²) in [5.74, 6) is -0.410. The fraction of sp³-hybridized carbons (Fsp3) is 0.250. The summed E-state index contributed by atoms with van der Waals surface area (Å²) in [4.78, 5) is 11.2. The molecule has 0 aliphatic rings. The van der Waals surface area contributed by atoms with E-state index in [-0.39, 0.29) is 4.92 Å². The van der Waals surface area contributed by atoms with E-state index in [1.807, 2.05) is 12.1 Å². The second-order valence-corrected chi connectivity index (χ2v) is 6.21. The first-order valence-electron chi connectivity index (χ1n) is 6.78. The molecule has 0 spiro atoms. The molecule has 0 aromatic heterocycles. The Hall–Kier alpha value is -1.29.